The van der Waals surface area contributed by atoms with Gasteiger partial charge in [0, 0.05) is 16.6 Å². The predicted molar refractivity (Wildman–Crippen MR) is 82.0 cm³/mol. The van der Waals surface area contributed by atoms with Gasteiger partial charge in [-0.15, -0.1) is 11.3 Å². The minimum atomic E-state index is 0.286. The first-order valence-corrected chi connectivity index (χ1v) is 7.17. The van der Waals surface area contributed by atoms with E-state index in [1.54, 1.807) is 18.4 Å². The minimum absolute atomic E-state index is 0.286. The van der Waals surface area contributed by atoms with Crippen molar-refractivity contribution in [2.45, 2.75) is 19.4 Å². The molecule has 0 saturated heterocycles. The molecule has 1 unspecified atom stereocenters. The summed E-state index contributed by atoms with van der Waals surface area (Å²) in [6, 6.07) is 8.25. The molecule has 1 aromatic heterocycles. The van der Waals surface area contributed by atoms with Crippen molar-refractivity contribution in [2.24, 2.45) is 0 Å². The first-order chi connectivity index (χ1) is 9.15. The maximum absolute atomic E-state index is 6.06. The zero-order valence-corrected chi connectivity index (χ0v) is 12.4. The monoisotopic (exact) mass is 276 g/mol. The van der Waals surface area contributed by atoms with Gasteiger partial charge in [-0.25, -0.2) is 0 Å². The van der Waals surface area contributed by atoms with E-state index in [1.165, 1.54) is 10.4 Å². The Morgan fingerprint density at radius 2 is 2.16 bits per heavy atom. The van der Waals surface area contributed by atoms with Gasteiger partial charge in [-0.1, -0.05) is 0 Å². The third-order valence-electron chi connectivity index (χ3n) is 3.34. The molecule has 1 atom stereocenters. The predicted octanol–water partition coefficient (Wildman–Crippen LogP) is 3.15. The van der Waals surface area contributed by atoms with E-state index < -0.39 is 0 Å². The van der Waals surface area contributed by atoms with Gasteiger partial charge in [0.15, 0.2) is 0 Å². The Labute approximate surface area is 118 Å². The normalized spacial score (nSPS) is 12.4. The van der Waals surface area contributed by atoms with E-state index >= 15 is 0 Å². The fourth-order valence-corrected chi connectivity index (χ4v) is 3.21. The molecule has 0 aliphatic carbocycles. The summed E-state index contributed by atoms with van der Waals surface area (Å²) in [5.74, 6) is 0.849. The molecule has 2 aromatic rings. The number of ether oxygens (including phenoxy) is 1. The zero-order valence-electron chi connectivity index (χ0n) is 11.6. The molecule has 1 aromatic carbocycles. The maximum atomic E-state index is 6.06. The lowest BCUT2D eigenvalue weighted by molar-refractivity contribution is 0.414. The van der Waals surface area contributed by atoms with Crippen LogP contribution < -0.4 is 15.8 Å². The number of anilines is 1. The first-order valence-electron chi connectivity index (χ1n) is 6.29. The Morgan fingerprint density at radius 3 is 2.74 bits per heavy atom. The van der Waals surface area contributed by atoms with Crippen molar-refractivity contribution >= 4 is 17.0 Å². The van der Waals surface area contributed by atoms with Gasteiger partial charge in [0.1, 0.15) is 5.75 Å². The molecule has 0 aliphatic rings. The molecule has 3 N–H and O–H groups in total. The van der Waals surface area contributed by atoms with Crippen molar-refractivity contribution in [3.05, 3.63) is 45.6 Å². The second kappa shape index (κ2) is 6.08. The van der Waals surface area contributed by atoms with Crippen LogP contribution in [0.5, 0.6) is 5.75 Å². The Balaban J connectivity index is 2.26. The topological polar surface area (TPSA) is 47.3 Å². The highest BCUT2D eigenvalue weighted by molar-refractivity contribution is 7.10. The summed E-state index contributed by atoms with van der Waals surface area (Å²) in [5.41, 5.74) is 9.32. The van der Waals surface area contributed by atoms with Crippen LogP contribution in [0.4, 0.5) is 5.69 Å². The van der Waals surface area contributed by atoms with Gasteiger partial charge in [-0.3, -0.25) is 0 Å². The van der Waals surface area contributed by atoms with E-state index in [9.17, 15) is 0 Å². The molecule has 1 heterocycles. The third kappa shape index (κ3) is 3.08. The molecule has 0 amide bonds. The fourth-order valence-electron chi connectivity index (χ4n) is 2.17. The number of benzene rings is 1. The molecule has 0 aliphatic heterocycles. The third-order valence-corrected chi connectivity index (χ3v) is 4.47. The first kappa shape index (κ1) is 13.9. The quantitative estimate of drug-likeness (QED) is 0.825. The second-order valence-corrected chi connectivity index (χ2v) is 5.53. The van der Waals surface area contributed by atoms with E-state index in [0.717, 1.165) is 23.4 Å². The minimum Gasteiger partial charge on any atom is -0.497 e. The van der Waals surface area contributed by atoms with Crippen LogP contribution in [0.1, 0.15) is 22.0 Å². The summed E-state index contributed by atoms with van der Waals surface area (Å²) >= 11 is 1.78. The number of hydrogen-bond donors (Lipinski definition) is 2. The number of hydrogen-bond acceptors (Lipinski definition) is 4. The molecule has 0 spiro atoms. The largest absolute Gasteiger partial charge is 0.497 e. The molecular weight excluding hydrogens is 256 g/mol. The van der Waals surface area contributed by atoms with Crippen LogP contribution in [0.3, 0.4) is 0 Å². The Morgan fingerprint density at radius 1 is 1.37 bits per heavy atom. The number of thiophene rings is 1. The van der Waals surface area contributed by atoms with Gasteiger partial charge in [0.2, 0.25) is 0 Å². The number of nitrogen functional groups attached to an aromatic ring is 1. The van der Waals surface area contributed by atoms with E-state index in [2.05, 4.69) is 23.7 Å². The smallest absolute Gasteiger partial charge is 0.119 e. The maximum Gasteiger partial charge on any atom is 0.119 e. The summed E-state index contributed by atoms with van der Waals surface area (Å²) in [6.45, 7) is 2.14. The molecule has 0 saturated carbocycles. The van der Waals surface area contributed by atoms with Crippen molar-refractivity contribution in [1.82, 2.24) is 5.32 Å². The van der Waals surface area contributed by atoms with Gasteiger partial charge in [0.05, 0.1) is 7.11 Å². The molecular formula is C15H20N2OS. The Kier molecular flexibility index (Phi) is 4.45. The number of nitrogens with two attached hydrogens (primary N) is 1. The van der Waals surface area contributed by atoms with E-state index in [1.807, 2.05) is 25.2 Å². The molecule has 102 valence electrons. The Bertz CT molecular complexity index is 551. The van der Waals surface area contributed by atoms with E-state index in [4.69, 9.17) is 10.5 Å². The number of likely N-dealkylation sites (N-methyl/N-ethyl adjacent to an activating group) is 1. The zero-order chi connectivity index (χ0) is 13.8. The Hall–Kier alpha value is -1.52. The van der Waals surface area contributed by atoms with Crippen LogP contribution in [0.15, 0.2) is 29.6 Å². The lowest BCUT2D eigenvalue weighted by Gasteiger charge is -2.17. The summed E-state index contributed by atoms with van der Waals surface area (Å²) in [7, 11) is 3.66. The van der Waals surface area contributed by atoms with Gasteiger partial charge in [0.25, 0.3) is 0 Å². The lowest BCUT2D eigenvalue weighted by Crippen LogP contribution is -2.19. The number of nitrogens with one attached hydrogen (secondary N) is 1. The molecule has 4 heteroatoms. The van der Waals surface area contributed by atoms with Crippen molar-refractivity contribution in [3.63, 3.8) is 0 Å². The fraction of sp³-hybridized carbons (Fsp3) is 0.333. The highest BCUT2D eigenvalue weighted by atomic mass is 32.1. The number of aryl methyl sites for hydroxylation is 1. The van der Waals surface area contributed by atoms with Crippen molar-refractivity contribution in [3.8, 4) is 5.75 Å². The molecule has 19 heavy (non-hydrogen) atoms. The van der Waals surface area contributed by atoms with Crippen LogP contribution >= 0.6 is 11.3 Å². The van der Waals surface area contributed by atoms with Crippen LogP contribution in [-0.4, -0.2) is 14.2 Å². The summed E-state index contributed by atoms with van der Waals surface area (Å²) < 4.78 is 5.27. The van der Waals surface area contributed by atoms with Crippen LogP contribution in [-0.2, 0) is 6.42 Å². The van der Waals surface area contributed by atoms with Crippen molar-refractivity contribution in [2.75, 3.05) is 19.9 Å². The highest BCUT2D eigenvalue weighted by Gasteiger charge is 2.15. The SMILES string of the molecule is CNC(Cc1cc(OC)ccc1N)c1sccc1C. The van der Waals surface area contributed by atoms with E-state index in [-0.39, 0.29) is 6.04 Å². The van der Waals surface area contributed by atoms with Crippen LogP contribution in [0.25, 0.3) is 0 Å². The summed E-state index contributed by atoms with van der Waals surface area (Å²) in [5, 5.41) is 5.50. The average Bonchev–Trinajstić information content (AvgIpc) is 2.84. The van der Waals surface area contributed by atoms with Crippen molar-refractivity contribution in [1.29, 1.82) is 0 Å². The molecule has 0 bridgehead atoms. The summed E-state index contributed by atoms with van der Waals surface area (Å²) in [6.07, 6.45) is 0.862. The van der Waals surface area contributed by atoms with E-state index in [0.29, 0.717) is 0 Å². The van der Waals surface area contributed by atoms with Gasteiger partial charge in [-0.05, 0) is 61.2 Å². The average molecular weight is 276 g/mol. The number of rotatable bonds is 5. The number of methoxy groups -OCH3 is 1. The van der Waals surface area contributed by atoms with Crippen molar-refractivity contribution < 1.29 is 4.74 Å². The lowest BCUT2D eigenvalue weighted by atomic mass is 10.0. The molecule has 2 rings (SSSR count). The molecule has 0 radical (unpaired) electrons. The van der Waals surface area contributed by atoms with Crippen LogP contribution in [0.2, 0.25) is 0 Å². The van der Waals surface area contributed by atoms with Gasteiger partial charge >= 0.3 is 0 Å². The molecule has 3 nitrogen and oxygen atoms in total. The standard InChI is InChI=1S/C15H20N2OS/c1-10-6-7-19-15(10)14(17-2)9-11-8-12(18-3)4-5-13(11)16/h4-8,14,17H,9,16H2,1-3H3. The van der Waals surface area contributed by atoms with Crippen LogP contribution in [0, 0.1) is 6.92 Å². The highest BCUT2D eigenvalue weighted by Crippen LogP contribution is 2.29. The van der Waals surface area contributed by atoms with Gasteiger partial charge < -0.3 is 15.8 Å². The molecule has 0 fully saturated rings. The second-order valence-electron chi connectivity index (χ2n) is 4.58. The summed E-state index contributed by atoms with van der Waals surface area (Å²) in [4.78, 5) is 1.37. The van der Waals surface area contributed by atoms with Gasteiger partial charge in [-0.2, -0.15) is 0 Å².